The highest BCUT2D eigenvalue weighted by Gasteiger charge is 2.05. The van der Waals surface area contributed by atoms with Crippen molar-refractivity contribution in [2.75, 3.05) is 7.05 Å². The second-order valence-corrected chi connectivity index (χ2v) is 3.14. The van der Waals surface area contributed by atoms with Crippen molar-refractivity contribution < 1.29 is 4.79 Å². The van der Waals surface area contributed by atoms with E-state index in [9.17, 15) is 4.79 Å². The maximum atomic E-state index is 10.4. The maximum Gasteiger partial charge on any atom is 0.137 e. The number of nitrogens with zero attached hydrogens (tertiary/aromatic N) is 1. The zero-order valence-electron chi connectivity index (χ0n) is 6.28. The molecule has 1 N–H and O–H groups in total. The van der Waals surface area contributed by atoms with Gasteiger partial charge in [-0.1, -0.05) is 0 Å². The summed E-state index contributed by atoms with van der Waals surface area (Å²) in [6.45, 7) is 0. The predicted molar refractivity (Wildman–Crippen MR) is 44.7 cm³/mol. The van der Waals surface area contributed by atoms with Gasteiger partial charge in [-0.15, -0.1) is 11.3 Å². The van der Waals surface area contributed by atoms with Crippen LogP contribution in [0.15, 0.2) is 11.6 Å². The van der Waals surface area contributed by atoms with Crippen LogP contribution in [0.25, 0.3) is 0 Å². The molecule has 1 unspecified atom stereocenters. The molecule has 11 heavy (non-hydrogen) atoms. The van der Waals surface area contributed by atoms with Gasteiger partial charge in [-0.2, -0.15) is 0 Å². The topological polar surface area (TPSA) is 42.0 Å². The molecule has 0 radical (unpaired) electrons. The van der Waals surface area contributed by atoms with Crippen LogP contribution in [-0.4, -0.2) is 24.4 Å². The molecule has 4 heteroatoms. The van der Waals surface area contributed by atoms with E-state index in [0.29, 0.717) is 6.42 Å². The molecule has 1 rings (SSSR count). The van der Waals surface area contributed by atoms with E-state index in [-0.39, 0.29) is 6.04 Å². The molecule has 0 aliphatic heterocycles. The predicted octanol–water partition coefficient (Wildman–Crippen LogP) is 0.472. The Morgan fingerprint density at radius 2 is 2.73 bits per heavy atom. The van der Waals surface area contributed by atoms with E-state index < -0.39 is 0 Å². The van der Waals surface area contributed by atoms with Crippen LogP contribution in [0.2, 0.25) is 0 Å². The van der Waals surface area contributed by atoms with E-state index in [1.165, 1.54) is 0 Å². The standard InChI is InChI=1S/C7H10N2OS/c1-8-6(5-10)4-7-9-2-3-11-7/h2-3,5-6,8H,4H2,1H3. The van der Waals surface area contributed by atoms with Crippen molar-refractivity contribution in [2.45, 2.75) is 12.5 Å². The number of hydrogen-bond donors (Lipinski definition) is 1. The van der Waals surface area contributed by atoms with Gasteiger partial charge in [-0.25, -0.2) is 4.98 Å². The Hall–Kier alpha value is -0.740. The Morgan fingerprint density at radius 3 is 3.18 bits per heavy atom. The van der Waals surface area contributed by atoms with Gasteiger partial charge in [0.25, 0.3) is 0 Å². The van der Waals surface area contributed by atoms with Crippen LogP contribution < -0.4 is 5.32 Å². The van der Waals surface area contributed by atoms with Crippen molar-refractivity contribution in [1.29, 1.82) is 0 Å². The lowest BCUT2D eigenvalue weighted by atomic mass is 10.2. The molecule has 0 fully saturated rings. The molecule has 3 nitrogen and oxygen atoms in total. The lowest BCUT2D eigenvalue weighted by Gasteiger charge is -2.04. The van der Waals surface area contributed by atoms with Crippen molar-refractivity contribution in [2.24, 2.45) is 0 Å². The van der Waals surface area contributed by atoms with E-state index in [1.807, 2.05) is 5.38 Å². The molecule has 0 amide bonds. The molecule has 0 saturated heterocycles. The average molecular weight is 170 g/mol. The highest BCUT2D eigenvalue weighted by atomic mass is 32.1. The summed E-state index contributed by atoms with van der Waals surface area (Å²) in [6, 6.07) is -0.0962. The zero-order chi connectivity index (χ0) is 8.10. The molecule has 1 atom stereocenters. The lowest BCUT2D eigenvalue weighted by Crippen LogP contribution is -2.28. The average Bonchev–Trinajstić information content (AvgIpc) is 2.52. The number of carbonyl (C=O) groups is 1. The van der Waals surface area contributed by atoms with Crippen LogP contribution in [0.5, 0.6) is 0 Å². The summed E-state index contributed by atoms with van der Waals surface area (Å²) >= 11 is 1.57. The van der Waals surface area contributed by atoms with Crippen molar-refractivity contribution in [3.8, 4) is 0 Å². The third kappa shape index (κ3) is 2.40. The van der Waals surface area contributed by atoms with Crippen molar-refractivity contribution in [3.63, 3.8) is 0 Å². The van der Waals surface area contributed by atoms with Crippen molar-refractivity contribution in [1.82, 2.24) is 10.3 Å². The van der Waals surface area contributed by atoms with E-state index in [0.717, 1.165) is 11.3 Å². The fraction of sp³-hybridized carbons (Fsp3) is 0.429. The molecule has 1 aromatic rings. The minimum absolute atomic E-state index is 0.0962. The summed E-state index contributed by atoms with van der Waals surface area (Å²) in [5, 5.41) is 5.79. The van der Waals surface area contributed by atoms with E-state index in [4.69, 9.17) is 0 Å². The number of rotatable bonds is 4. The van der Waals surface area contributed by atoms with Crippen molar-refractivity contribution >= 4 is 17.6 Å². The molecule has 1 heterocycles. The zero-order valence-corrected chi connectivity index (χ0v) is 7.10. The van der Waals surface area contributed by atoms with E-state index in [1.54, 1.807) is 24.6 Å². The van der Waals surface area contributed by atoms with Gasteiger partial charge in [0, 0.05) is 18.0 Å². The third-order valence-electron chi connectivity index (χ3n) is 1.41. The first kappa shape index (κ1) is 8.36. The molecule has 0 bridgehead atoms. The minimum atomic E-state index is -0.0962. The Kier molecular flexibility index (Phi) is 3.19. The van der Waals surface area contributed by atoms with Gasteiger partial charge < -0.3 is 10.1 Å². The molecule has 0 aliphatic carbocycles. The quantitative estimate of drug-likeness (QED) is 0.668. The lowest BCUT2D eigenvalue weighted by molar-refractivity contribution is -0.109. The minimum Gasteiger partial charge on any atom is -0.310 e. The molecule has 0 spiro atoms. The number of aldehydes is 1. The maximum absolute atomic E-state index is 10.4. The first-order valence-corrected chi connectivity index (χ1v) is 4.25. The first-order valence-electron chi connectivity index (χ1n) is 3.37. The van der Waals surface area contributed by atoms with Crippen LogP contribution >= 0.6 is 11.3 Å². The molecular weight excluding hydrogens is 160 g/mol. The van der Waals surface area contributed by atoms with Gasteiger partial charge in [0.05, 0.1) is 11.0 Å². The Morgan fingerprint density at radius 1 is 1.91 bits per heavy atom. The highest BCUT2D eigenvalue weighted by molar-refractivity contribution is 7.09. The second-order valence-electron chi connectivity index (χ2n) is 2.16. The second kappa shape index (κ2) is 4.20. The molecule has 60 valence electrons. The van der Waals surface area contributed by atoms with Crippen LogP contribution in [0.3, 0.4) is 0 Å². The summed E-state index contributed by atoms with van der Waals surface area (Å²) in [5.74, 6) is 0. The van der Waals surface area contributed by atoms with E-state index >= 15 is 0 Å². The van der Waals surface area contributed by atoms with Gasteiger partial charge in [0.1, 0.15) is 6.29 Å². The van der Waals surface area contributed by atoms with Crippen LogP contribution in [0.4, 0.5) is 0 Å². The van der Waals surface area contributed by atoms with Crippen molar-refractivity contribution in [3.05, 3.63) is 16.6 Å². The number of nitrogens with one attached hydrogen (secondary N) is 1. The monoisotopic (exact) mass is 170 g/mol. The fourth-order valence-electron chi connectivity index (χ4n) is 0.760. The highest BCUT2D eigenvalue weighted by Crippen LogP contribution is 2.05. The molecular formula is C7H10N2OS. The Balaban J connectivity index is 2.47. The SMILES string of the molecule is CNC(C=O)Cc1nccs1. The van der Waals surface area contributed by atoms with Crippen LogP contribution in [-0.2, 0) is 11.2 Å². The van der Waals surface area contributed by atoms with Gasteiger partial charge >= 0.3 is 0 Å². The number of likely N-dealkylation sites (N-methyl/N-ethyl adjacent to an activating group) is 1. The summed E-state index contributed by atoms with van der Waals surface area (Å²) < 4.78 is 0. The summed E-state index contributed by atoms with van der Waals surface area (Å²) in [6.07, 6.45) is 3.34. The Labute approximate surface area is 69.5 Å². The van der Waals surface area contributed by atoms with Gasteiger partial charge in [-0.05, 0) is 7.05 Å². The van der Waals surface area contributed by atoms with Crippen LogP contribution in [0, 0.1) is 0 Å². The smallest absolute Gasteiger partial charge is 0.137 e. The number of thiazole rings is 1. The molecule has 1 aromatic heterocycles. The van der Waals surface area contributed by atoms with Gasteiger partial charge in [0.15, 0.2) is 0 Å². The first-order chi connectivity index (χ1) is 5.36. The molecule has 0 aromatic carbocycles. The van der Waals surface area contributed by atoms with E-state index in [2.05, 4.69) is 10.3 Å². The Bertz CT molecular complexity index is 210. The number of aromatic nitrogens is 1. The van der Waals surface area contributed by atoms with Gasteiger partial charge in [0.2, 0.25) is 0 Å². The summed E-state index contributed by atoms with van der Waals surface area (Å²) in [5.41, 5.74) is 0. The number of carbonyl (C=O) groups excluding carboxylic acids is 1. The molecule has 0 saturated carbocycles. The fourth-order valence-corrected chi connectivity index (χ4v) is 1.44. The third-order valence-corrected chi connectivity index (χ3v) is 2.22. The summed E-state index contributed by atoms with van der Waals surface area (Å²) in [7, 11) is 1.77. The number of hydrogen-bond acceptors (Lipinski definition) is 4. The largest absolute Gasteiger partial charge is 0.310 e. The van der Waals surface area contributed by atoms with Crippen LogP contribution in [0.1, 0.15) is 5.01 Å². The summed E-state index contributed by atoms with van der Waals surface area (Å²) in [4.78, 5) is 14.4. The van der Waals surface area contributed by atoms with Gasteiger partial charge in [-0.3, -0.25) is 0 Å². The molecule has 0 aliphatic rings. The normalized spacial score (nSPS) is 12.8.